The van der Waals surface area contributed by atoms with Crippen LogP contribution in [0.25, 0.3) is 0 Å². The van der Waals surface area contributed by atoms with E-state index < -0.39 is 5.97 Å². The smallest absolute Gasteiger partial charge is 0.305 e. The fourth-order valence-electron chi connectivity index (χ4n) is 2.09. The number of aromatic nitrogens is 1. The monoisotopic (exact) mass is 284 g/mol. The van der Waals surface area contributed by atoms with Crippen molar-refractivity contribution in [2.45, 2.75) is 25.3 Å². The van der Waals surface area contributed by atoms with Gasteiger partial charge in [-0.1, -0.05) is 0 Å². The third kappa shape index (κ3) is 4.00. The summed E-state index contributed by atoms with van der Waals surface area (Å²) in [5.41, 5.74) is 2.64. The molecule has 2 rings (SSSR count). The molecule has 19 heavy (non-hydrogen) atoms. The predicted molar refractivity (Wildman–Crippen MR) is 69.0 cm³/mol. The molecule has 7 heteroatoms. The van der Waals surface area contributed by atoms with Gasteiger partial charge in [-0.3, -0.25) is 9.59 Å². The van der Waals surface area contributed by atoms with E-state index in [1.54, 1.807) is 10.4 Å². The van der Waals surface area contributed by atoms with Crippen LogP contribution in [-0.2, 0) is 20.7 Å². The van der Waals surface area contributed by atoms with E-state index in [9.17, 15) is 9.59 Å². The van der Waals surface area contributed by atoms with Crippen molar-refractivity contribution in [3.8, 4) is 0 Å². The largest absolute Gasteiger partial charge is 0.481 e. The van der Waals surface area contributed by atoms with Crippen molar-refractivity contribution < 1.29 is 19.4 Å². The van der Waals surface area contributed by atoms with E-state index in [1.165, 1.54) is 11.3 Å². The standard InChI is InChI=1S/C12H16N2O4S/c15-11(2-1-9-7-19-8-13-9)14-3-4-18-6-10(14)5-12(16)17/h7-8,10H,1-6H2,(H,16,17). The van der Waals surface area contributed by atoms with E-state index in [1.807, 2.05) is 5.38 Å². The highest BCUT2D eigenvalue weighted by Gasteiger charge is 2.28. The lowest BCUT2D eigenvalue weighted by molar-refractivity contribution is -0.146. The third-order valence-corrected chi connectivity index (χ3v) is 3.67. The molecule has 1 unspecified atom stereocenters. The summed E-state index contributed by atoms with van der Waals surface area (Å²) in [7, 11) is 0. The van der Waals surface area contributed by atoms with Gasteiger partial charge in [0, 0.05) is 18.3 Å². The van der Waals surface area contributed by atoms with Crippen LogP contribution in [-0.4, -0.2) is 52.7 Å². The summed E-state index contributed by atoms with van der Waals surface area (Å²) in [6.07, 6.45) is 0.891. The maximum atomic E-state index is 12.1. The van der Waals surface area contributed by atoms with E-state index in [-0.39, 0.29) is 18.4 Å². The molecular weight excluding hydrogens is 268 g/mol. The van der Waals surface area contributed by atoms with Crippen LogP contribution in [0, 0.1) is 0 Å². The molecule has 1 amide bonds. The lowest BCUT2D eigenvalue weighted by Gasteiger charge is -2.34. The number of rotatable bonds is 5. The Morgan fingerprint density at radius 2 is 2.42 bits per heavy atom. The average Bonchev–Trinajstić information content (AvgIpc) is 2.89. The Hall–Kier alpha value is -1.47. The van der Waals surface area contributed by atoms with Gasteiger partial charge in [-0.2, -0.15) is 0 Å². The highest BCUT2D eigenvalue weighted by molar-refractivity contribution is 7.07. The lowest BCUT2D eigenvalue weighted by atomic mass is 10.1. The number of carbonyl (C=O) groups is 2. The molecule has 104 valence electrons. The molecule has 0 aromatic carbocycles. The Kier molecular flexibility index (Phi) is 4.86. The number of carbonyl (C=O) groups excluding carboxylic acids is 1. The summed E-state index contributed by atoms with van der Waals surface area (Å²) in [6.45, 7) is 1.24. The minimum atomic E-state index is -0.909. The van der Waals surface area contributed by atoms with E-state index in [0.717, 1.165) is 5.69 Å². The summed E-state index contributed by atoms with van der Waals surface area (Å²) in [4.78, 5) is 28.7. The maximum absolute atomic E-state index is 12.1. The van der Waals surface area contributed by atoms with Crippen LogP contribution >= 0.6 is 11.3 Å². The van der Waals surface area contributed by atoms with Crippen molar-refractivity contribution in [2.24, 2.45) is 0 Å². The Balaban J connectivity index is 1.89. The van der Waals surface area contributed by atoms with Crippen LogP contribution in [0.5, 0.6) is 0 Å². The zero-order chi connectivity index (χ0) is 13.7. The molecular formula is C12H16N2O4S. The first kappa shape index (κ1) is 14.0. The molecule has 1 N–H and O–H groups in total. The van der Waals surface area contributed by atoms with Gasteiger partial charge in [0.2, 0.25) is 5.91 Å². The van der Waals surface area contributed by atoms with E-state index in [2.05, 4.69) is 4.98 Å². The number of hydrogen-bond acceptors (Lipinski definition) is 5. The molecule has 1 aromatic rings. The number of amides is 1. The molecule has 1 aliphatic rings. The molecule has 1 aromatic heterocycles. The zero-order valence-electron chi connectivity index (χ0n) is 10.4. The minimum Gasteiger partial charge on any atom is -0.481 e. The highest BCUT2D eigenvalue weighted by Crippen LogP contribution is 2.14. The van der Waals surface area contributed by atoms with Gasteiger partial charge in [0.1, 0.15) is 0 Å². The van der Waals surface area contributed by atoms with Crippen LogP contribution in [0.2, 0.25) is 0 Å². The second-order valence-corrected chi connectivity index (χ2v) is 5.11. The molecule has 0 aliphatic carbocycles. The Bertz CT molecular complexity index is 435. The number of aryl methyl sites for hydroxylation is 1. The van der Waals surface area contributed by atoms with Gasteiger partial charge in [0.25, 0.3) is 0 Å². The van der Waals surface area contributed by atoms with Crippen LogP contribution in [0.4, 0.5) is 0 Å². The number of morpholine rings is 1. The second-order valence-electron chi connectivity index (χ2n) is 4.39. The summed E-state index contributed by atoms with van der Waals surface area (Å²) < 4.78 is 5.25. The normalized spacial score (nSPS) is 19.4. The van der Waals surface area contributed by atoms with Crippen LogP contribution in [0.3, 0.4) is 0 Å². The van der Waals surface area contributed by atoms with Crippen molar-refractivity contribution in [1.29, 1.82) is 0 Å². The Morgan fingerprint density at radius 3 is 3.11 bits per heavy atom. The molecule has 2 heterocycles. The number of aliphatic carboxylic acids is 1. The highest BCUT2D eigenvalue weighted by atomic mass is 32.1. The van der Waals surface area contributed by atoms with Gasteiger partial charge in [0.15, 0.2) is 0 Å². The SMILES string of the molecule is O=C(O)CC1COCCN1C(=O)CCc1cscn1. The Morgan fingerprint density at radius 1 is 1.58 bits per heavy atom. The molecule has 1 atom stereocenters. The molecule has 0 saturated carbocycles. The number of ether oxygens (including phenoxy) is 1. The van der Waals surface area contributed by atoms with Gasteiger partial charge < -0.3 is 14.7 Å². The first-order valence-electron chi connectivity index (χ1n) is 6.13. The number of nitrogens with zero attached hydrogens (tertiary/aromatic N) is 2. The predicted octanol–water partition coefficient (Wildman–Crippen LogP) is 0.778. The molecule has 1 fully saturated rings. The van der Waals surface area contributed by atoms with Crippen molar-refractivity contribution in [3.63, 3.8) is 0 Å². The van der Waals surface area contributed by atoms with E-state index in [4.69, 9.17) is 9.84 Å². The third-order valence-electron chi connectivity index (χ3n) is 3.04. The van der Waals surface area contributed by atoms with Gasteiger partial charge in [-0.25, -0.2) is 4.98 Å². The van der Waals surface area contributed by atoms with Crippen molar-refractivity contribution in [1.82, 2.24) is 9.88 Å². The van der Waals surface area contributed by atoms with Crippen LogP contribution in [0.1, 0.15) is 18.5 Å². The number of thiazole rings is 1. The topological polar surface area (TPSA) is 79.7 Å². The number of carboxylic acids is 1. The quantitative estimate of drug-likeness (QED) is 0.864. The maximum Gasteiger partial charge on any atom is 0.305 e. The van der Waals surface area contributed by atoms with Crippen LogP contribution in [0.15, 0.2) is 10.9 Å². The summed E-state index contributed by atoms with van der Waals surface area (Å²) in [5, 5.41) is 10.8. The lowest BCUT2D eigenvalue weighted by Crippen LogP contribution is -2.49. The first-order chi connectivity index (χ1) is 9.16. The number of carboxylic acid groups (broad SMARTS) is 1. The van der Waals surface area contributed by atoms with Gasteiger partial charge in [0.05, 0.1) is 36.9 Å². The van der Waals surface area contributed by atoms with Gasteiger partial charge >= 0.3 is 5.97 Å². The summed E-state index contributed by atoms with van der Waals surface area (Å²) in [5.74, 6) is -0.935. The molecule has 6 nitrogen and oxygen atoms in total. The van der Waals surface area contributed by atoms with Crippen LogP contribution < -0.4 is 0 Å². The molecule has 0 bridgehead atoms. The minimum absolute atomic E-state index is 0.0254. The number of hydrogen-bond donors (Lipinski definition) is 1. The van der Waals surface area contributed by atoms with Crippen molar-refractivity contribution in [2.75, 3.05) is 19.8 Å². The fraction of sp³-hybridized carbons (Fsp3) is 0.583. The molecule has 0 radical (unpaired) electrons. The zero-order valence-corrected chi connectivity index (χ0v) is 11.3. The fourth-order valence-corrected chi connectivity index (χ4v) is 2.69. The molecule has 1 aliphatic heterocycles. The average molecular weight is 284 g/mol. The van der Waals surface area contributed by atoms with Gasteiger partial charge in [-0.05, 0) is 6.42 Å². The van der Waals surface area contributed by atoms with Crippen molar-refractivity contribution >= 4 is 23.2 Å². The van der Waals surface area contributed by atoms with E-state index >= 15 is 0 Å². The summed E-state index contributed by atoms with van der Waals surface area (Å²) >= 11 is 1.50. The first-order valence-corrected chi connectivity index (χ1v) is 7.07. The summed E-state index contributed by atoms with van der Waals surface area (Å²) in [6, 6.07) is -0.353. The molecule has 1 saturated heterocycles. The molecule has 0 spiro atoms. The second kappa shape index (κ2) is 6.63. The van der Waals surface area contributed by atoms with Crippen molar-refractivity contribution in [3.05, 3.63) is 16.6 Å². The van der Waals surface area contributed by atoms with Gasteiger partial charge in [-0.15, -0.1) is 11.3 Å². The van der Waals surface area contributed by atoms with E-state index in [0.29, 0.717) is 32.6 Å². The Labute approximate surface area is 115 Å².